The van der Waals surface area contributed by atoms with Gasteiger partial charge in [-0.15, -0.1) is 0 Å². The molecule has 0 radical (unpaired) electrons. The second-order valence-corrected chi connectivity index (χ2v) is 6.89. The van der Waals surface area contributed by atoms with E-state index in [0.29, 0.717) is 35.2 Å². The summed E-state index contributed by atoms with van der Waals surface area (Å²) in [4.78, 5) is 12.3. The van der Waals surface area contributed by atoms with Gasteiger partial charge in [0, 0.05) is 5.56 Å². The molecular weight excluding hydrogens is 396 g/mol. The summed E-state index contributed by atoms with van der Waals surface area (Å²) >= 11 is 0. The van der Waals surface area contributed by atoms with Gasteiger partial charge in [0.1, 0.15) is 6.61 Å². The molecule has 3 aromatic carbocycles. The molecule has 158 valence electrons. The average molecular weight is 418 g/mol. The summed E-state index contributed by atoms with van der Waals surface area (Å²) in [6.45, 7) is 2.65. The molecule has 1 aliphatic heterocycles. The molecule has 3 aromatic rings. The van der Waals surface area contributed by atoms with Crippen LogP contribution in [0.25, 0.3) is 0 Å². The lowest BCUT2D eigenvalue weighted by Crippen LogP contribution is -2.17. The highest BCUT2D eigenvalue weighted by atomic mass is 16.7. The Hall–Kier alpha value is -4.00. The Labute approximate surface area is 180 Å². The van der Waals surface area contributed by atoms with Crippen LogP contribution in [0, 0.1) is 6.92 Å². The molecule has 31 heavy (non-hydrogen) atoms. The normalized spacial score (nSPS) is 12.1. The molecule has 1 heterocycles. The molecule has 7 nitrogen and oxygen atoms in total. The number of carbonyl (C=O) groups excluding carboxylic acids is 1. The number of nitrogens with one attached hydrogen (secondary N) is 1. The van der Waals surface area contributed by atoms with Crippen LogP contribution in [-0.2, 0) is 6.61 Å². The lowest BCUT2D eigenvalue weighted by molar-refractivity contribution is 0.0954. The third-order valence-corrected chi connectivity index (χ3v) is 4.85. The molecule has 4 rings (SSSR count). The number of benzene rings is 3. The maximum atomic E-state index is 12.3. The van der Waals surface area contributed by atoms with Crippen LogP contribution in [0.3, 0.4) is 0 Å². The summed E-state index contributed by atoms with van der Waals surface area (Å²) in [6, 6.07) is 18.5. The highest BCUT2D eigenvalue weighted by molar-refractivity contribution is 5.95. The predicted octanol–water partition coefficient (Wildman–Crippen LogP) is 4.08. The van der Waals surface area contributed by atoms with Crippen molar-refractivity contribution in [3.05, 3.63) is 82.9 Å². The Balaban J connectivity index is 1.38. The predicted molar refractivity (Wildman–Crippen MR) is 116 cm³/mol. The molecule has 0 fully saturated rings. The summed E-state index contributed by atoms with van der Waals surface area (Å²) in [5.41, 5.74) is 5.97. The molecule has 0 saturated heterocycles. The summed E-state index contributed by atoms with van der Waals surface area (Å²) < 4.78 is 21.9. The number of hydrogen-bond acceptors (Lipinski definition) is 6. The first-order chi connectivity index (χ1) is 15.1. The van der Waals surface area contributed by atoms with Crippen LogP contribution in [0.15, 0.2) is 65.8 Å². The topological polar surface area (TPSA) is 78.4 Å². The van der Waals surface area contributed by atoms with Gasteiger partial charge < -0.3 is 18.9 Å². The molecule has 0 atom stereocenters. The number of carbonyl (C=O) groups is 1. The minimum Gasteiger partial charge on any atom is -0.493 e. The van der Waals surface area contributed by atoms with Gasteiger partial charge >= 0.3 is 0 Å². The van der Waals surface area contributed by atoms with Crippen molar-refractivity contribution in [1.82, 2.24) is 5.43 Å². The van der Waals surface area contributed by atoms with Gasteiger partial charge in [0.2, 0.25) is 6.79 Å². The van der Waals surface area contributed by atoms with Crippen molar-refractivity contribution in [2.75, 3.05) is 13.9 Å². The fourth-order valence-corrected chi connectivity index (χ4v) is 3.08. The monoisotopic (exact) mass is 418 g/mol. The zero-order valence-corrected chi connectivity index (χ0v) is 17.3. The number of rotatable bonds is 7. The van der Waals surface area contributed by atoms with E-state index in [0.717, 1.165) is 11.1 Å². The van der Waals surface area contributed by atoms with Crippen LogP contribution in [0.4, 0.5) is 0 Å². The first-order valence-electron chi connectivity index (χ1n) is 9.72. The van der Waals surface area contributed by atoms with Gasteiger partial charge in [0.15, 0.2) is 23.0 Å². The highest BCUT2D eigenvalue weighted by Crippen LogP contribution is 2.32. The van der Waals surface area contributed by atoms with Gasteiger partial charge in [-0.05, 0) is 60.0 Å². The largest absolute Gasteiger partial charge is 0.493 e. The van der Waals surface area contributed by atoms with E-state index >= 15 is 0 Å². The maximum Gasteiger partial charge on any atom is 0.271 e. The Bertz CT molecular complexity index is 1130. The number of nitrogens with zero attached hydrogens (tertiary/aromatic N) is 1. The number of fused-ring (bicyclic) bond motifs is 1. The Morgan fingerprint density at radius 3 is 2.74 bits per heavy atom. The number of aryl methyl sites for hydroxylation is 1. The van der Waals surface area contributed by atoms with Crippen LogP contribution in [0.1, 0.15) is 27.0 Å². The SMILES string of the molecule is COc1cc(C=NNC(=O)c2ccc3c(c2)OCO3)ccc1OCc1ccccc1C. The van der Waals surface area contributed by atoms with Crippen molar-refractivity contribution >= 4 is 12.1 Å². The number of amides is 1. The Morgan fingerprint density at radius 2 is 1.90 bits per heavy atom. The number of hydrogen-bond donors (Lipinski definition) is 1. The Kier molecular flexibility index (Phi) is 6.03. The van der Waals surface area contributed by atoms with Crippen molar-refractivity contribution in [2.45, 2.75) is 13.5 Å². The molecule has 0 spiro atoms. The van der Waals surface area contributed by atoms with Crippen molar-refractivity contribution in [3.63, 3.8) is 0 Å². The molecule has 1 N–H and O–H groups in total. The van der Waals surface area contributed by atoms with Crippen LogP contribution in [0.5, 0.6) is 23.0 Å². The van der Waals surface area contributed by atoms with E-state index in [4.69, 9.17) is 18.9 Å². The highest BCUT2D eigenvalue weighted by Gasteiger charge is 2.16. The van der Waals surface area contributed by atoms with E-state index in [9.17, 15) is 4.79 Å². The van der Waals surface area contributed by atoms with Gasteiger partial charge in [-0.3, -0.25) is 4.79 Å². The second kappa shape index (κ2) is 9.21. The summed E-state index contributed by atoms with van der Waals surface area (Å²) in [7, 11) is 1.58. The lowest BCUT2D eigenvalue weighted by atomic mass is 10.1. The second-order valence-electron chi connectivity index (χ2n) is 6.89. The van der Waals surface area contributed by atoms with Crippen molar-refractivity contribution in [1.29, 1.82) is 0 Å². The van der Waals surface area contributed by atoms with Crippen LogP contribution < -0.4 is 24.4 Å². The summed E-state index contributed by atoms with van der Waals surface area (Å²) in [5.74, 6) is 2.03. The third kappa shape index (κ3) is 4.78. The number of ether oxygens (including phenoxy) is 4. The third-order valence-electron chi connectivity index (χ3n) is 4.85. The van der Waals surface area contributed by atoms with Gasteiger partial charge in [0.05, 0.1) is 13.3 Å². The van der Waals surface area contributed by atoms with E-state index in [1.54, 1.807) is 37.6 Å². The van der Waals surface area contributed by atoms with Crippen LogP contribution in [-0.4, -0.2) is 26.0 Å². The first kappa shape index (κ1) is 20.3. The summed E-state index contributed by atoms with van der Waals surface area (Å²) in [6.07, 6.45) is 1.54. The van der Waals surface area contributed by atoms with E-state index in [-0.39, 0.29) is 12.7 Å². The van der Waals surface area contributed by atoms with Gasteiger partial charge in [0.25, 0.3) is 5.91 Å². The fourth-order valence-electron chi connectivity index (χ4n) is 3.08. The molecular formula is C24H22N2O5. The van der Waals surface area contributed by atoms with Crippen molar-refractivity contribution < 1.29 is 23.7 Å². The van der Waals surface area contributed by atoms with E-state index in [1.807, 2.05) is 43.3 Å². The van der Waals surface area contributed by atoms with Crippen LogP contribution >= 0.6 is 0 Å². The van der Waals surface area contributed by atoms with Gasteiger partial charge in [-0.2, -0.15) is 5.10 Å². The van der Waals surface area contributed by atoms with Crippen LogP contribution in [0.2, 0.25) is 0 Å². The molecule has 0 aromatic heterocycles. The molecule has 0 bridgehead atoms. The maximum absolute atomic E-state index is 12.3. The van der Waals surface area contributed by atoms with E-state index in [2.05, 4.69) is 10.5 Å². The number of hydrazone groups is 1. The summed E-state index contributed by atoms with van der Waals surface area (Å²) in [5, 5.41) is 4.03. The van der Waals surface area contributed by atoms with E-state index in [1.165, 1.54) is 5.56 Å². The zero-order valence-electron chi connectivity index (χ0n) is 17.3. The number of methoxy groups -OCH3 is 1. The lowest BCUT2D eigenvalue weighted by Gasteiger charge is -2.12. The van der Waals surface area contributed by atoms with Crippen molar-refractivity contribution in [3.8, 4) is 23.0 Å². The fraction of sp³-hybridized carbons (Fsp3) is 0.167. The van der Waals surface area contributed by atoms with Gasteiger partial charge in [-0.25, -0.2) is 5.43 Å². The zero-order chi connectivity index (χ0) is 21.6. The smallest absolute Gasteiger partial charge is 0.271 e. The molecule has 0 unspecified atom stereocenters. The quantitative estimate of drug-likeness (QED) is 0.462. The molecule has 1 aliphatic rings. The van der Waals surface area contributed by atoms with Crippen molar-refractivity contribution in [2.24, 2.45) is 5.10 Å². The van der Waals surface area contributed by atoms with Gasteiger partial charge in [-0.1, -0.05) is 24.3 Å². The minimum absolute atomic E-state index is 0.158. The first-order valence-corrected chi connectivity index (χ1v) is 9.72. The minimum atomic E-state index is -0.348. The molecule has 7 heteroatoms. The average Bonchev–Trinajstić information content (AvgIpc) is 3.27. The standard InChI is InChI=1S/C24H22N2O5/c1-16-5-3-4-6-19(16)14-29-20-9-7-17(11-22(20)28-2)13-25-26-24(27)18-8-10-21-23(12-18)31-15-30-21/h3-13H,14-15H2,1-2H3,(H,26,27). The Morgan fingerprint density at radius 1 is 1.06 bits per heavy atom. The molecule has 0 aliphatic carbocycles. The van der Waals surface area contributed by atoms with E-state index < -0.39 is 0 Å². The molecule has 1 amide bonds. The molecule has 0 saturated carbocycles.